The number of tetrazole rings is 1. The Morgan fingerprint density at radius 3 is 2.66 bits per heavy atom. The van der Waals surface area contributed by atoms with Crippen LogP contribution in [0.1, 0.15) is 12.0 Å². The molecule has 0 fully saturated rings. The summed E-state index contributed by atoms with van der Waals surface area (Å²) in [5.41, 5.74) is 1.06. The summed E-state index contributed by atoms with van der Waals surface area (Å²) in [5, 5.41) is 15.3. The van der Waals surface area contributed by atoms with Crippen molar-refractivity contribution in [3.05, 3.63) is 60.2 Å². The molecule has 0 saturated heterocycles. The van der Waals surface area contributed by atoms with Crippen LogP contribution in [0.3, 0.4) is 0 Å². The van der Waals surface area contributed by atoms with Gasteiger partial charge >= 0.3 is 0 Å². The summed E-state index contributed by atoms with van der Waals surface area (Å²) in [5.74, 6) is 2.05. The van der Waals surface area contributed by atoms with Gasteiger partial charge in [-0.05, 0) is 52.4 Å². The second kappa shape index (κ2) is 11.5. The van der Waals surface area contributed by atoms with Crippen molar-refractivity contribution >= 4 is 29.4 Å². The Balaban J connectivity index is 1.36. The number of nitrogens with one attached hydrogen (secondary N) is 1. The molecule has 0 unspecified atom stereocenters. The van der Waals surface area contributed by atoms with Crippen LogP contribution in [0.15, 0.2) is 64.6 Å². The van der Waals surface area contributed by atoms with Crippen LogP contribution in [0.4, 0.5) is 0 Å². The van der Waals surface area contributed by atoms with E-state index in [0.717, 1.165) is 23.5 Å². The zero-order valence-electron chi connectivity index (χ0n) is 16.2. The molecule has 0 saturated carbocycles. The third-order valence-electron chi connectivity index (χ3n) is 3.98. The highest BCUT2D eigenvalue weighted by Crippen LogP contribution is 2.18. The maximum atomic E-state index is 12.1. The fourth-order valence-electron chi connectivity index (χ4n) is 2.49. The Hall–Kier alpha value is -2.52. The SMILES string of the molecule is COc1ccc(Cn2nnnc2SCC(=O)NCCCSc2ccccc2)cc1. The van der Waals surface area contributed by atoms with E-state index in [-0.39, 0.29) is 11.7 Å². The van der Waals surface area contributed by atoms with Crippen LogP contribution in [-0.4, -0.2) is 51.3 Å². The number of thioether (sulfide) groups is 2. The Labute approximate surface area is 178 Å². The second-order valence-corrected chi connectivity index (χ2v) is 8.23. The maximum absolute atomic E-state index is 12.1. The number of carbonyl (C=O) groups excluding carboxylic acids is 1. The summed E-state index contributed by atoms with van der Waals surface area (Å²) in [4.78, 5) is 13.3. The van der Waals surface area contributed by atoms with Gasteiger partial charge in [-0.1, -0.05) is 42.1 Å². The zero-order chi connectivity index (χ0) is 20.3. The zero-order valence-corrected chi connectivity index (χ0v) is 17.8. The molecule has 29 heavy (non-hydrogen) atoms. The minimum Gasteiger partial charge on any atom is -0.497 e. The average Bonchev–Trinajstić information content (AvgIpc) is 3.20. The third-order valence-corrected chi connectivity index (χ3v) is 6.03. The Bertz CT molecular complexity index is 887. The standard InChI is InChI=1S/C20H23N5O2S2/c1-27-17-10-8-16(9-11-17)14-25-20(22-23-24-25)29-15-19(26)21-12-5-13-28-18-6-3-2-4-7-18/h2-4,6-11H,5,12-15H2,1H3,(H,21,26). The number of carbonyl (C=O) groups is 1. The third kappa shape index (κ3) is 7.10. The van der Waals surface area contributed by atoms with Gasteiger partial charge in [-0.15, -0.1) is 16.9 Å². The first-order valence-electron chi connectivity index (χ1n) is 9.21. The highest BCUT2D eigenvalue weighted by Gasteiger charge is 2.10. The van der Waals surface area contributed by atoms with Crippen molar-refractivity contribution in [1.29, 1.82) is 0 Å². The molecule has 3 rings (SSSR count). The van der Waals surface area contributed by atoms with E-state index in [1.807, 2.05) is 42.5 Å². The van der Waals surface area contributed by atoms with Crippen molar-refractivity contribution in [3.8, 4) is 5.75 Å². The van der Waals surface area contributed by atoms with Gasteiger partial charge in [0.15, 0.2) is 0 Å². The first-order chi connectivity index (χ1) is 14.2. The number of benzene rings is 2. The van der Waals surface area contributed by atoms with Gasteiger partial charge in [0.1, 0.15) is 5.75 Å². The number of rotatable bonds is 11. The molecular weight excluding hydrogens is 406 g/mol. The highest BCUT2D eigenvalue weighted by atomic mass is 32.2. The summed E-state index contributed by atoms with van der Waals surface area (Å²) in [6.45, 7) is 1.20. The number of nitrogens with zero attached hydrogens (tertiary/aromatic N) is 4. The normalized spacial score (nSPS) is 10.7. The van der Waals surface area contributed by atoms with Crippen LogP contribution in [0.25, 0.3) is 0 Å². The van der Waals surface area contributed by atoms with E-state index in [1.165, 1.54) is 16.7 Å². The molecule has 0 bridgehead atoms. The molecule has 0 radical (unpaired) electrons. The number of hydrogen-bond donors (Lipinski definition) is 1. The molecular formula is C20H23N5O2S2. The predicted molar refractivity (Wildman–Crippen MR) is 115 cm³/mol. The Morgan fingerprint density at radius 2 is 1.90 bits per heavy atom. The molecule has 9 heteroatoms. The van der Waals surface area contributed by atoms with Gasteiger partial charge in [-0.25, -0.2) is 4.68 Å². The number of aromatic nitrogens is 4. The molecule has 7 nitrogen and oxygen atoms in total. The number of hydrogen-bond acceptors (Lipinski definition) is 7. The number of ether oxygens (including phenoxy) is 1. The molecule has 1 heterocycles. The summed E-state index contributed by atoms with van der Waals surface area (Å²) in [6.07, 6.45) is 0.922. The lowest BCUT2D eigenvalue weighted by molar-refractivity contribution is -0.118. The summed E-state index contributed by atoms with van der Waals surface area (Å²) >= 11 is 3.13. The monoisotopic (exact) mass is 429 g/mol. The highest BCUT2D eigenvalue weighted by molar-refractivity contribution is 7.99. The van der Waals surface area contributed by atoms with Crippen LogP contribution >= 0.6 is 23.5 Å². The van der Waals surface area contributed by atoms with Gasteiger partial charge in [-0.3, -0.25) is 4.79 Å². The van der Waals surface area contributed by atoms with Gasteiger partial charge in [0, 0.05) is 11.4 Å². The van der Waals surface area contributed by atoms with Crippen LogP contribution in [-0.2, 0) is 11.3 Å². The molecule has 0 aliphatic heterocycles. The van der Waals surface area contributed by atoms with E-state index in [4.69, 9.17) is 4.74 Å². The summed E-state index contributed by atoms with van der Waals surface area (Å²) in [7, 11) is 1.64. The smallest absolute Gasteiger partial charge is 0.230 e. The molecule has 1 aromatic heterocycles. The number of amides is 1. The first-order valence-corrected chi connectivity index (χ1v) is 11.2. The van der Waals surface area contributed by atoms with Crippen LogP contribution in [0, 0.1) is 0 Å². The lowest BCUT2D eigenvalue weighted by atomic mass is 10.2. The minimum atomic E-state index is -0.0151. The molecule has 1 N–H and O–H groups in total. The predicted octanol–water partition coefficient (Wildman–Crippen LogP) is 3.12. The van der Waals surface area contributed by atoms with Crippen molar-refractivity contribution in [2.24, 2.45) is 0 Å². The fourth-order valence-corrected chi connectivity index (χ4v) is 4.07. The van der Waals surface area contributed by atoms with Crippen LogP contribution in [0.2, 0.25) is 0 Å². The van der Waals surface area contributed by atoms with Gasteiger partial charge in [0.25, 0.3) is 0 Å². The van der Waals surface area contributed by atoms with Gasteiger partial charge in [-0.2, -0.15) is 0 Å². The molecule has 1 amide bonds. The van der Waals surface area contributed by atoms with Crippen molar-refractivity contribution < 1.29 is 9.53 Å². The summed E-state index contributed by atoms with van der Waals surface area (Å²) < 4.78 is 6.86. The fraction of sp³-hybridized carbons (Fsp3) is 0.300. The molecule has 0 atom stereocenters. The van der Waals surface area contributed by atoms with Crippen molar-refractivity contribution in [3.63, 3.8) is 0 Å². The molecule has 0 spiro atoms. The van der Waals surface area contributed by atoms with E-state index < -0.39 is 0 Å². The van der Waals surface area contributed by atoms with Crippen molar-refractivity contribution in [2.75, 3.05) is 25.2 Å². The van der Waals surface area contributed by atoms with E-state index >= 15 is 0 Å². The maximum Gasteiger partial charge on any atom is 0.230 e. The lowest BCUT2D eigenvalue weighted by Crippen LogP contribution is -2.26. The van der Waals surface area contributed by atoms with E-state index in [9.17, 15) is 4.79 Å². The Morgan fingerprint density at radius 1 is 1.10 bits per heavy atom. The molecule has 2 aromatic carbocycles. The molecule has 3 aromatic rings. The Kier molecular flexibility index (Phi) is 8.39. The molecule has 0 aliphatic carbocycles. The van der Waals surface area contributed by atoms with Crippen LogP contribution < -0.4 is 10.1 Å². The van der Waals surface area contributed by atoms with Crippen LogP contribution in [0.5, 0.6) is 5.75 Å². The lowest BCUT2D eigenvalue weighted by Gasteiger charge is -2.07. The number of methoxy groups -OCH3 is 1. The second-order valence-electron chi connectivity index (χ2n) is 6.12. The minimum absolute atomic E-state index is 0.0151. The van der Waals surface area contributed by atoms with Crippen molar-refractivity contribution in [2.45, 2.75) is 23.0 Å². The summed E-state index contributed by atoms with van der Waals surface area (Å²) in [6, 6.07) is 18.0. The average molecular weight is 430 g/mol. The van der Waals surface area contributed by atoms with Gasteiger partial charge in [0.2, 0.25) is 11.1 Å². The van der Waals surface area contributed by atoms with E-state index in [1.54, 1.807) is 23.6 Å². The molecule has 0 aliphatic rings. The van der Waals surface area contributed by atoms with Crippen molar-refractivity contribution in [1.82, 2.24) is 25.5 Å². The first kappa shape index (κ1) is 21.2. The van der Waals surface area contributed by atoms with E-state index in [0.29, 0.717) is 18.2 Å². The molecule has 152 valence electrons. The topological polar surface area (TPSA) is 81.9 Å². The quantitative estimate of drug-likeness (QED) is 0.370. The largest absolute Gasteiger partial charge is 0.497 e. The van der Waals surface area contributed by atoms with Gasteiger partial charge < -0.3 is 10.1 Å². The van der Waals surface area contributed by atoms with Gasteiger partial charge in [0.05, 0.1) is 19.4 Å². The van der Waals surface area contributed by atoms with E-state index in [2.05, 4.69) is 33.0 Å².